The highest BCUT2D eigenvalue weighted by atomic mass is 79.9. The Kier molecular flexibility index (Phi) is 7.24. The number of aromatic nitrogens is 1. The van der Waals surface area contributed by atoms with Crippen molar-refractivity contribution in [3.63, 3.8) is 0 Å². The second-order valence-corrected chi connectivity index (χ2v) is 8.21. The van der Waals surface area contributed by atoms with E-state index in [-0.39, 0.29) is 12.5 Å². The number of rotatable bonds is 8. The largest absolute Gasteiger partial charge is 0.497 e. The molecule has 1 N–H and O–H groups in total. The van der Waals surface area contributed by atoms with E-state index in [4.69, 9.17) is 14.5 Å². The molecule has 3 aromatic rings. The Hall–Kier alpha value is -2.42. The van der Waals surface area contributed by atoms with Gasteiger partial charge in [-0.05, 0) is 37.4 Å². The zero-order valence-corrected chi connectivity index (χ0v) is 18.8. The van der Waals surface area contributed by atoms with Gasteiger partial charge in [0.05, 0.1) is 32.0 Å². The molecule has 1 amide bonds. The number of hydrogen-bond acceptors (Lipinski definition) is 6. The maximum atomic E-state index is 12.3. The summed E-state index contributed by atoms with van der Waals surface area (Å²) in [6, 6.07) is 13.1. The molecule has 0 saturated heterocycles. The second-order valence-electron chi connectivity index (χ2n) is 6.44. The molecule has 0 aliphatic carbocycles. The van der Waals surface area contributed by atoms with Gasteiger partial charge < -0.3 is 14.8 Å². The van der Waals surface area contributed by atoms with Crippen LogP contribution in [0.15, 0.2) is 52.3 Å². The van der Waals surface area contributed by atoms with E-state index in [1.807, 2.05) is 53.7 Å². The smallest absolute Gasteiger partial charge is 0.238 e. The number of carbonyl (C=O) groups is 1. The monoisotopic (exact) mass is 475 g/mol. The SMILES string of the molecule is COc1cccc(NC(=O)CN(C)Cc2csc(-c3cc(Br)ccc3OC)n2)c1. The lowest BCUT2D eigenvalue weighted by atomic mass is 10.2. The van der Waals surface area contributed by atoms with Crippen molar-refractivity contribution in [3.8, 4) is 22.1 Å². The van der Waals surface area contributed by atoms with Crippen molar-refractivity contribution in [2.24, 2.45) is 0 Å². The molecule has 0 atom stereocenters. The fourth-order valence-electron chi connectivity index (χ4n) is 2.83. The predicted molar refractivity (Wildman–Crippen MR) is 120 cm³/mol. The summed E-state index contributed by atoms with van der Waals surface area (Å²) in [5.41, 5.74) is 2.56. The fraction of sp³-hybridized carbons (Fsp3) is 0.238. The van der Waals surface area contributed by atoms with Gasteiger partial charge in [0.1, 0.15) is 16.5 Å². The fourth-order valence-corrected chi connectivity index (χ4v) is 4.02. The molecule has 0 spiro atoms. The van der Waals surface area contributed by atoms with Crippen LogP contribution in [0.4, 0.5) is 5.69 Å². The second kappa shape index (κ2) is 9.87. The van der Waals surface area contributed by atoms with Crippen LogP contribution >= 0.6 is 27.3 Å². The summed E-state index contributed by atoms with van der Waals surface area (Å²) < 4.78 is 11.6. The number of anilines is 1. The normalized spacial score (nSPS) is 10.8. The van der Waals surface area contributed by atoms with Gasteiger partial charge in [-0.3, -0.25) is 9.69 Å². The number of thiazole rings is 1. The van der Waals surface area contributed by atoms with Crippen molar-refractivity contribution in [1.82, 2.24) is 9.88 Å². The maximum absolute atomic E-state index is 12.3. The molecule has 0 radical (unpaired) electrons. The van der Waals surface area contributed by atoms with E-state index in [2.05, 4.69) is 21.2 Å². The van der Waals surface area contributed by atoms with Gasteiger partial charge in [0.25, 0.3) is 0 Å². The molecule has 1 aromatic heterocycles. The molecule has 29 heavy (non-hydrogen) atoms. The van der Waals surface area contributed by atoms with Gasteiger partial charge >= 0.3 is 0 Å². The van der Waals surface area contributed by atoms with Gasteiger partial charge in [0.15, 0.2) is 0 Å². The number of methoxy groups -OCH3 is 2. The molecular formula is C21H22BrN3O3S. The molecule has 6 nitrogen and oxygen atoms in total. The van der Waals surface area contributed by atoms with E-state index in [0.717, 1.165) is 26.5 Å². The first-order valence-electron chi connectivity index (χ1n) is 8.89. The average Bonchev–Trinajstić information content (AvgIpc) is 3.16. The minimum Gasteiger partial charge on any atom is -0.497 e. The lowest BCUT2D eigenvalue weighted by Crippen LogP contribution is -2.29. The maximum Gasteiger partial charge on any atom is 0.238 e. The Balaban J connectivity index is 1.61. The molecule has 0 fully saturated rings. The van der Waals surface area contributed by atoms with Crippen LogP contribution in [-0.4, -0.2) is 43.6 Å². The summed E-state index contributed by atoms with van der Waals surface area (Å²) in [5.74, 6) is 1.39. The summed E-state index contributed by atoms with van der Waals surface area (Å²) in [6.07, 6.45) is 0. The summed E-state index contributed by atoms with van der Waals surface area (Å²) >= 11 is 5.05. The molecule has 0 aliphatic heterocycles. The lowest BCUT2D eigenvalue weighted by Gasteiger charge is -2.15. The molecule has 3 rings (SSSR count). The Morgan fingerprint density at radius 2 is 2.03 bits per heavy atom. The zero-order chi connectivity index (χ0) is 20.8. The molecule has 0 aliphatic rings. The van der Waals surface area contributed by atoms with Crippen LogP contribution in [0.5, 0.6) is 11.5 Å². The van der Waals surface area contributed by atoms with Gasteiger partial charge in [-0.1, -0.05) is 22.0 Å². The third-order valence-corrected chi connectivity index (χ3v) is 5.56. The van der Waals surface area contributed by atoms with Crippen LogP contribution < -0.4 is 14.8 Å². The number of hydrogen-bond donors (Lipinski definition) is 1. The van der Waals surface area contributed by atoms with Crippen molar-refractivity contribution in [1.29, 1.82) is 0 Å². The van der Waals surface area contributed by atoms with Crippen LogP contribution in [0.2, 0.25) is 0 Å². The minimum atomic E-state index is -0.0927. The van der Waals surface area contributed by atoms with Crippen molar-refractivity contribution < 1.29 is 14.3 Å². The van der Waals surface area contributed by atoms with Gasteiger partial charge in [-0.15, -0.1) is 11.3 Å². The Morgan fingerprint density at radius 1 is 1.21 bits per heavy atom. The lowest BCUT2D eigenvalue weighted by molar-refractivity contribution is -0.117. The van der Waals surface area contributed by atoms with Crippen molar-refractivity contribution >= 4 is 38.9 Å². The summed E-state index contributed by atoms with van der Waals surface area (Å²) in [5, 5.41) is 5.77. The van der Waals surface area contributed by atoms with Gasteiger partial charge in [-0.25, -0.2) is 4.98 Å². The van der Waals surface area contributed by atoms with Crippen LogP contribution in [-0.2, 0) is 11.3 Å². The zero-order valence-electron chi connectivity index (χ0n) is 16.4. The van der Waals surface area contributed by atoms with Crippen molar-refractivity contribution in [2.45, 2.75) is 6.54 Å². The Bertz CT molecular complexity index is 993. The molecule has 8 heteroatoms. The molecule has 0 bridgehead atoms. The van der Waals surface area contributed by atoms with E-state index in [1.54, 1.807) is 31.6 Å². The third-order valence-electron chi connectivity index (χ3n) is 4.14. The molecule has 0 unspecified atom stereocenters. The molecule has 0 saturated carbocycles. The summed E-state index contributed by atoms with van der Waals surface area (Å²) in [7, 11) is 5.14. The van der Waals surface area contributed by atoms with Crippen LogP contribution in [0.3, 0.4) is 0 Å². The topological polar surface area (TPSA) is 63.7 Å². The predicted octanol–water partition coefficient (Wildman–Crippen LogP) is 4.66. The van der Waals surface area contributed by atoms with E-state index in [0.29, 0.717) is 18.0 Å². The van der Waals surface area contributed by atoms with E-state index in [9.17, 15) is 4.79 Å². The number of nitrogens with zero attached hydrogens (tertiary/aromatic N) is 2. The first kappa shape index (κ1) is 21.3. The van der Waals surface area contributed by atoms with E-state index in [1.165, 1.54) is 0 Å². The van der Waals surface area contributed by atoms with Crippen LogP contribution in [0, 0.1) is 0 Å². The molecule has 2 aromatic carbocycles. The quantitative estimate of drug-likeness (QED) is 0.513. The number of halogens is 1. The Labute approximate surface area is 182 Å². The van der Waals surface area contributed by atoms with Crippen LogP contribution in [0.25, 0.3) is 10.6 Å². The number of likely N-dealkylation sites (N-methyl/N-ethyl adjacent to an activating group) is 1. The number of nitrogens with one attached hydrogen (secondary N) is 1. The standard InChI is InChI=1S/C21H22BrN3O3S/c1-25(12-20(26)23-15-5-4-6-17(10-15)27-2)11-16-13-29-21(24-16)18-9-14(22)7-8-19(18)28-3/h4-10,13H,11-12H2,1-3H3,(H,23,26). The first-order valence-corrected chi connectivity index (χ1v) is 10.6. The highest BCUT2D eigenvalue weighted by Crippen LogP contribution is 2.34. The van der Waals surface area contributed by atoms with E-state index >= 15 is 0 Å². The number of benzene rings is 2. The van der Waals surface area contributed by atoms with Gasteiger partial charge in [0, 0.05) is 28.2 Å². The third kappa shape index (κ3) is 5.79. The van der Waals surface area contributed by atoms with Crippen molar-refractivity contribution in [2.75, 3.05) is 33.1 Å². The first-order chi connectivity index (χ1) is 14.0. The van der Waals surface area contributed by atoms with E-state index < -0.39 is 0 Å². The molecule has 1 heterocycles. The number of carbonyl (C=O) groups excluding carboxylic acids is 1. The highest BCUT2D eigenvalue weighted by molar-refractivity contribution is 9.10. The summed E-state index contributed by atoms with van der Waals surface area (Å²) in [6.45, 7) is 0.822. The van der Waals surface area contributed by atoms with Crippen LogP contribution in [0.1, 0.15) is 5.69 Å². The number of ether oxygens (including phenoxy) is 2. The molecule has 152 valence electrons. The van der Waals surface area contributed by atoms with Gasteiger partial charge in [0.2, 0.25) is 5.91 Å². The minimum absolute atomic E-state index is 0.0927. The van der Waals surface area contributed by atoms with Crippen molar-refractivity contribution in [3.05, 3.63) is 58.0 Å². The molecular weight excluding hydrogens is 454 g/mol. The number of amides is 1. The highest BCUT2D eigenvalue weighted by Gasteiger charge is 2.13. The average molecular weight is 476 g/mol. The van der Waals surface area contributed by atoms with Gasteiger partial charge in [-0.2, -0.15) is 0 Å². The summed E-state index contributed by atoms with van der Waals surface area (Å²) in [4.78, 5) is 19.0. The Morgan fingerprint density at radius 3 is 2.79 bits per heavy atom.